The molecule has 1 heterocycles. The highest BCUT2D eigenvalue weighted by atomic mass is 16.7. The third-order valence-corrected chi connectivity index (χ3v) is 3.65. The summed E-state index contributed by atoms with van der Waals surface area (Å²) < 4.78 is 20.5. The van der Waals surface area contributed by atoms with E-state index in [-0.39, 0.29) is 5.76 Å². The SMILES string of the molecule is CCOc1ccc(CCNC(=O)COC(=O)c2ccc([N+](=O)[O-])o2)cc1OCC. The Hall–Kier alpha value is -3.56. The van der Waals surface area contributed by atoms with Gasteiger partial charge >= 0.3 is 11.9 Å². The third kappa shape index (κ3) is 6.52. The number of nitro groups is 1. The largest absolute Gasteiger partial charge is 0.490 e. The van der Waals surface area contributed by atoms with E-state index >= 15 is 0 Å². The Balaban J connectivity index is 1.78. The van der Waals surface area contributed by atoms with E-state index in [0.29, 0.717) is 37.7 Å². The molecule has 29 heavy (non-hydrogen) atoms. The standard InChI is InChI=1S/C19H22N2O8/c1-3-26-14-6-5-13(11-16(14)27-4-2)9-10-20-17(22)12-28-19(23)15-7-8-18(29-15)21(24)25/h5-8,11H,3-4,9-10,12H2,1-2H3,(H,20,22). The minimum Gasteiger partial charge on any atom is -0.490 e. The first-order valence-electron chi connectivity index (χ1n) is 9.01. The van der Waals surface area contributed by atoms with Crippen molar-refractivity contribution < 1.29 is 33.1 Å². The number of nitrogens with zero attached hydrogens (tertiary/aromatic N) is 1. The predicted molar refractivity (Wildman–Crippen MR) is 101 cm³/mol. The molecule has 0 spiro atoms. The number of furan rings is 1. The van der Waals surface area contributed by atoms with E-state index in [1.54, 1.807) is 0 Å². The lowest BCUT2D eigenvalue weighted by atomic mass is 10.1. The van der Waals surface area contributed by atoms with Gasteiger partial charge in [-0.15, -0.1) is 0 Å². The van der Waals surface area contributed by atoms with E-state index in [4.69, 9.17) is 18.6 Å². The molecule has 156 valence electrons. The molecule has 1 N–H and O–H groups in total. The Morgan fingerprint density at radius 1 is 1.10 bits per heavy atom. The van der Waals surface area contributed by atoms with Crippen molar-refractivity contribution in [1.29, 1.82) is 0 Å². The van der Waals surface area contributed by atoms with Crippen molar-refractivity contribution in [1.82, 2.24) is 5.32 Å². The van der Waals surface area contributed by atoms with Gasteiger partial charge in [0.1, 0.15) is 4.92 Å². The summed E-state index contributed by atoms with van der Waals surface area (Å²) in [7, 11) is 0. The number of ether oxygens (including phenoxy) is 3. The Labute approximate surface area is 166 Å². The molecule has 0 saturated carbocycles. The number of amides is 1. The van der Waals surface area contributed by atoms with Gasteiger partial charge in [-0.3, -0.25) is 14.9 Å². The summed E-state index contributed by atoms with van der Waals surface area (Å²) in [6, 6.07) is 7.69. The molecule has 0 saturated heterocycles. The average molecular weight is 406 g/mol. The van der Waals surface area contributed by atoms with E-state index in [0.717, 1.165) is 17.7 Å². The molecule has 1 amide bonds. The molecule has 10 nitrogen and oxygen atoms in total. The topological polar surface area (TPSA) is 130 Å². The van der Waals surface area contributed by atoms with Crippen LogP contribution in [0.1, 0.15) is 30.0 Å². The molecule has 0 unspecified atom stereocenters. The van der Waals surface area contributed by atoms with Crippen molar-refractivity contribution in [2.45, 2.75) is 20.3 Å². The van der Waals surface area contributed by atoms with Crippen LogP contribution in [0.2, 0.25) is 0 Å². The molecular formula is C19H22N2O8. The van der Waals surface area contributed by atoms with Gasteiger partial charge in [0.2, 0.25) is 5.76 Å². The number of hydrogen-bond donors (Lipinski definition) is 1. The minimum absolute atomic E-state index is 0.322. The van der Waals surface area contributed by atoms with E-state index in [1.165, 1.54) is 0 Å². The Morgan fingerprint density at radius 2 is 1.83 bits per heavy atom. The van der Waals surface area contributed by atoms with Crippen LogP contribution in [-0.4, -0.2) is 43.2 Å². The van der Waals surface area contributed by atoms with Crippen molar-refractivity contribution in [3.63, 3.8) is 0 Å². The van der Waals surface area contributed by atoms with Gasteiger partial charge in [-0.1, -0.05) is 6.07 Å². The Bertz CT molecular complexity index is 862. The number of benzene rings is 1. The quantitative estimate of drug-likeness (QED) is 0.342. The van der Waals surface area contributed by atoms with Gasteiger partial charge in [0, 0.05) is 6.54 Å². The highest BCUT2D eigenvalue weighted by Crippen LogP contribution is 2.28. The summed E-state index contributed by atoms with van der Waals surface area (Å²) in [4.78, 5) is 33.3. The van der Waals surface area contributed by atoms with E-state index in [2.05, 4.69) is 5.32 Å². The molecule has 2 aromatic rings. The van der Waals surface area contributed by atoms with Crippen LogP contribution in [0, 0.1) is 10.1 Å². The van der Waals surface area contributed by atoms with Crippen LogP contribution in [0.15, 0.2) is 34.7 Å². The van der Waals surface area contributed by atoms with Crippen molar-refractivity contribution in [2.24, 2.45) is 0 Å². The van der Waals surface area contributed by atoms with Crippen LogP contribution in [0.25, 0.3) is 0 Å². The molecule has 0 fully saturated rings. The van der Waals surface area contributed by atoms with Gasteiger partial charge in [-0.05, 0) is 44.0 Å². The smallest absolute Gasteiger partial charge is 0.433 e. The second-order valence-electron chi connectivity index (χ2n) is 5.72. The summed E-state index contributed by atoms with van der Waals surface area (Å²) in [6.45, 7) is 4.59. The Morgan fingerprint density at radius 3 is 2.48 bits per heavy atom. The fourth-order valence-corrected chi connectivity index (χ4v) is 2.39. The molecule has 1 aromatic heterocycles. The second-order valence-corrected chi connectivity index (χ2v) is 5.72. The minimum atomic E-state index is -0.957. The van der Waals surface area contributed by atoms with Crippen molar-refractivity contribution in [3.05, 3.63) is 51.8 Å². The lowest BCUT2D eigenvalue weighted by Gasteiger charge is -2.12. The molecule has 0 aliphatic heterocycles. The monoisotopic (exact) mass is 406 g/mol. The fraction of sp³-hybridized carbons (Fsp3) is 0.368. The number of carbonyl (C=O) groups is 2. The summed E-state index contributed by atoms with van der Waals surface area (Å²) in [6.07, 6.45) is 0.538. The van der Waals surface area contributed by atoms with Gasteiger partial charge < -0.3 is 23.9 Å². The first kappa shape index (κ1) is 21.7. The average Bonchev–Trinajstić information content (AvgIpc) is 3.19. The van der Waals surface area contributed by atoms with Crippen LogP contribution in [-0.2, 0) is 16.0 Å². The molecule has 0 atom stereocenters. The third-order valence-electron chi connectivity index (χ3n) is 3.65. The number of nitrogens with one attached hydrogen (secondary N) is 1. The summed E-state index contributed by atoms with van der Waals surface area (Å²) >= 11 is 0. The molecule has 2 rings (SSSR count). The molecule has 10 heteroatoms. The summed E-state index contributed by atoms with van der Waals surface area (Å²) in [5.74, 6) is -1.09. The molecule has 1 aromatic carbocycles. The first-order chi connectivity index (χ1) is 13.9. The summed E-state index contributed by atoms with van der Waals surface area (Å²) in [5.41, 5.74) is 0.942. The van der Waals surface area contributed by atoms with Gasteiger partial charge in [0.05, 0.1) is 19.3 Å². The lowest BCUT2D eigenvalue weighted by Crippen LogP contribution is -2.30. The van der Waals surface area contributed by atoms with E-state index in [1.807, 2.05) is 32.0 Å². The van der Waals surface area contributed by atoms with Gasteiger partial charge in [-0.25, -0.2) is 4.79 Å². The maximum Gasteiger partial charge on any atom is 0.433 e. The Kier molecular flexibility index (Phi) is 8.01. The van der Waals surface area contributed by atoms with Crippen LogP contribution in [0.3, 0.4) is 0 Å². The van der Waals surface area contributed by atoms with Crippen molar-refractivity contribution in [2.75, 3.05) is 26.4 Å². The summed E-state index contributed by atoms with van der Waals surface area (Å²) in [5, 5.41) is 13.2. The second kappa shape index (κ2) is 10.7. The van der Waals surface area contributed by atoms with Gasteiger partial charge in [0.15, 0.2) is 18.1 Å². The number of rotatable bonds is 11. The molecule has 0 aliphatic rings. The number of hydrogen-bond acceptors (Lipinski definition) is 8. The zero-order valence-corrected chi connectivity index (χ0v) is 16.1. The highest BCUT2D eigenvalue weighted by molar-refractivity contribution is 5.89. The first-order valence-corrected chi connectivity index (χ1v) is 9.01. The van der Waals surface area contributed by atoms with Crippen LogP contribution in [0.4, 0.5) is 5.88 Å². The predicted octanol–water partition coefficient (Wildman–Crippen LogP) is 2.50. The molecular weight excluding hydrogens is 384 g/mol. The van der Waals surface area contributed by atoms with Crippen molar-refractivity contribution >= 4 is 17.8 Å². The van der Waals surface area contributed by atoms with Crippen LogP contribution in [0.5, 0.6) is 11.5 Å². The number of carbonyl (C=O) groups excluding carboxylic acids is 2. The fourth-order valence-electron chi connectivity index (χ4n) is 2.39. The van der Waals surface area contributed by atoms with Crippen LogP contribution < -0.4 is 14.8 Å². The zero-order chi connectivity index (χ0) is 21.2. The van der Waals surface area contributed by atoms with Crippen molar-refractivity contribution in [3.8, 4) is 11.5 Å². The van der Waals surface area contributed by atoms with E-state index < -0.39 is 29.3 Å². The van der Waals surface area contributed by atoms with E-state index in [9.17, 15) is 19.7 Å². The lowest BCUT2D eigenvalue weighted by molar-refractivity contribution is -0.402. The number of esters is 1. The van der Waals surface area contributed by atoms with Gasteiger partial charge in [-0.2, -0.15) is 0 Å². The van der Waals surface area contributed by atoms with Crippen LogP contribution >= 0.6 is 0 Å². The normalized spacial score (nSPS) is 10.3. The maximum atomic E-state index is 11.8. The molecule has 0 bridgehead atoms. The van der Waals surface area contributed by atoms with Gasteiger partial charge in [0.25, 0.3) is 5.91 Å². The highest BCUT2D eigenvalue weighted by Gasteiger charge is 2.19. The molecule has 0 aliphatic carbocycles. The molecule has 0 radical (unpaired) electrons. The maximum absolute atomic E-state index is 11.8. The zero-order valence-electron chi connectivity index (χ0n) is 16.1.